The molecular formula is C15H25N. The van der Waals surface area contributed by atoms with E-state index in [0.29, 0.717) is 0 Å². The minimum absolute atomic E-state index is 0.826. The van der Waals surface area contributed by atoms with Gasteiger partial charge in [0.05, 0.1) is 0 Å². The van der Waals surface area contributed by atoms with Crippen LogP contribution in [0.1, 0.15) is 51.4 Å². The van der Waals surface area contributed by atoms with Gasteiger partial charge in [0.2, 0.25) is 0 Å². The zero-order valence-electron chi connectivity index (χ0n) is 10.5. The van der Waals surface area contributed by atoms with Crippen LogP contribution in [0.3, 0.4) is 0 Å². The van der Waals surface area contributed by atoms with Crippen LogP contribution < -0.4 is 0 Å². The van der Waals surface area contributed by atoms with Crippen molar-refractivity contribution >= 4 is 0 Å². The summed E-state index contributed by atoms with van der Waals surface area (Å²) in [7, 11) is 0. The molecule has 3 rings (SSSR count). The van der Waals surface area contributed by atoms with E-state index in [-0.39, 0.29) is 0 Å². The van der Waals surface area contributed by atoms with E-state index in [1.54, 1.807) is 0 Å². The maximum atomic E-state index is 4.41. The summed E-state index contributed by atoms with van der Waals surface area (Å²) in [4.78, 5) is 2.64. The zero-order valence-corrected chi connectivity index (χ0v) is 10.5. The van der Waals surface area contributed by atoms with Gasteiger partial charge in [-0.05, 0) is 43.4 Å². The number of fused-ring (bicyclic) bond motifs is 1. The van der Waals surface area contributed by atoms with Crippen molar-refractivity contribution in [1.82, 2.24) is 4.90 Å². The predicted molar refractivity (Wildman–Crippen MR) is 68.1 cm³/mol. The number of hydrogen-bond acceptors (Lipinski definition) is 1. The fraction of sp³-hybridized carbons (Fsp3) is 0.867. The monoisotopic (exact) mass is 219 g/mol. The lowest BCUT2D eigenvalue weighted by atomic mass is 9.87. The van der Waals surface area contributed by atoms with Crippen LogP contribution >= 0.6 is 0 Å². The normalized spacial score (nSPS) is 35.4. The van der Waals surface area contributed by atoms with Crippen molar-refractivity contribution in [2.24, 2.45) is 17.8 Å². The first-order chi connectivity index (χ1) is 7.84. The molecule has 0 aromatic carbocycles. The van der Waals surface area contributed by atoms with E-state index in [2.05, 4.69) is 11.5 Å². The van der Waals surface area contributed by atoms with Gasteiger partial charge >= 0.3 is 0 Å². The molecule has 1 saturated heterocycles. The summed E-state index contributed by atoms with van der Waals surface area (Å²) in [5.41, 5.74) is 1.49. The molecule has 1 nitrogen and oxygen atoms in total. The molecule has 1 heterocycles. The summed E-state index contributed by atoms with van der Waals surface area (Å²) in [5, 5.41) is 0. The second-order valence-corrected chi connectivity index (χ2v) is 6.18. The van der Waals surface area contributed by atoms with Gasteiger partial charge in [0.15, 0.2) is 0 Å². The first-order valence-corrected chi connectivity index (χ1v) is 7.28. The average Bonchev–Trinajstić information content (AvgIpc) is 2.89. The minimum Gasteiger partial charge on any atom is -0.374 e. The van der Waals surface area contributed by atoms with Crippen molar-refractivity contribution in [3.63, 3.8) is 0 Å². The topological polar surface area (TPSA) is 3.24 Å². The largest absolute Gasteiger partial charge is 0.374 e. The highest BCUT2D eigenvalue weighted by molar-refractivity contribution is 5.06. The van der Waals surface area contributed by atoms with Gasteiger partial charge in [-0.15, -0.1) is 0 Å². The highest BCUT2D eigenvalue weighted by Gasteiger charge is 2.37. The Morgan fingerprint density at radius 3 is 2.06 bits per heavy atom. The van der Waals surface area contributed by atoms with Crippen LogP contribution in [0.25, 0.3) is 0 Å². The average molecular weight is 219 g/mol. The van der Waals surface area contributed by atoms with Crippen LogP contribution in [0.2, 0.25) is 0 Å². The Bertz CT molecular complexity index is 253. The molecule has 1 unspecified atom stereocenters. The highest BCUT2D eigenvalue weighted by atomic mass is 15.2. The Morgan fingerprint density at radius 1 is 0.812 bits per heavy atom. The van der Waals surface area contributed by atoms with Gasteiger partial charge in [-0.3, -0.25) is 0 Å². The fourth-order valence-electron chi connectivity index (χ4n) is 4.16. The van der Waals surface area contributed by atoms with Crippen molar-refractivity contribution in [2.75, 3.05) is 13.1 Å². The van der Waals surface area contributed by atoms with Crippen molar-refractivity contribution < 1.29 is 0 Å². The van der Waals surface area contributed by atoms with E-state index in [1.165, 1.54) is 70.2 Å². The molecule has 3 aliphatic rings. The van der Waals surface area contributed by atoms with Crippen LogP contribution in [-0.2, 0) is 0 Å². The number of likely N-dealkylation sites (tertiary alicyclic amines) is 1. The van der Waals surface area contributed by atoms with E-state index in [0.717, 1.165) is 17.8 Å². The second kappa shape index (κ2) is 4.43. The van der Waals surface area contributed by atoms with E-state index in [9.17, 15) is 0 Å². The maximum Gasteiger partial charge on any atom is 0.0206 e. The van der Waals surface area contributed by atoms with Crippen molar-refractivity contribution in [3.05, 3.63) is 12.3 Å². The van der Waals surface area contributed by atoms with Gasteiger partial charge in [0, 0.05) is 18.8 Å². The predicted octanol–water partition coefficient (Wildman–Crippen LogP) is 3.81. The summed E-state index contributed by atoms with van der Waals surface area (Å²) in [6.07, 6.45) is 11.6. The third-order valence-electron chi connectivity index (χ3n) is 5.21. The lowest BCUT2D eigenvalue weighted by molar-refractivity contribution is 0.291. The molecule has 90 valence electrons. The molecule has 2 aliphatic carbocycles. The summed E-state index contributed by atoms with van der Waals surface area (Å²) in [5.74, 6) is 2.85. The van der Waals surface area contributed by atoms with Gasteiger partial charge in [0.25, 0.3) is 0 Å². The Balaban J connectivity index is 1.59. The molecule has 0 radical (unpaired) electrons. The first kappa shape index (κ1) is 10.7. The van der Waals surface area contributed by atoms with Crippen molar-refractivity contribution in [3.8, 4) is 0 Å². The SMILES string of the molecule is C=C(C1CCCCC1)N1CC2CCC[C@@H]2C1. The van der Waals surface area contributed by atoms with Gasteiger partial charge in [0.1, 0.15) is 0 Å². The molecule has 0 aromatic heterocycles. The van der Waals surface area contributed by atoms with E-state index in [4.69, 9.17) is 0 Å². The molecule has 0 N–H and O–H groups in total. The lowest BCUT2D eigenvalue weighted by Crippen LogP contribution is -2.26. The standard InChI is InChI=1S/C15H25N/c1-12(13-6-3-2-4-7-13)16-10-14-8-5-9-15(14)11-16/h13-15H,1-11H2/t14-,15?/m1/s1. The molecule has 2 atom stereocenters. The molecule has 2 saturated carbocycles. The molecule has 3 fully saturated rings. The first-order valence-electron chi connectivity index (χ1n) is 7.28. The van der Waals surface area contributed by atoms with Crippen molar-refractivity contribution in [1.29, 1.82) is 0 Å². The summed E-state index contributed by atoms with van der Waals surface area (Å²) >= 11 is 0. The smallest absolute Gasteiger partial charge is 0.0206 e. The summed E-state index contributed by atoms with van der Waals surface area (Å²) in [6, 6.07) is 0. The van der Waals surface area contributed by atoms with Gasteiger partial charge < -0.3 is 4.90 Å². The molecule has 16 heavy (non-hydrogen) atoms. The van der Waals surface area contributed by atoms with Gasteiger partial charge in [-0.1, -0.05) is 32.3 Å². The van der Waals surface area contributed by atoms with Crippen LogP contribution in [0, 0.1) is 17.8 Å². The number of hydrogen-bond donors (Lipinski definition) is 0. The third-order valence-corrected chi connectivity index (χ3v) is 5.21. The van der Waals surface area contributed by atoms with Crippen LogP contribution in [-0.4, -0.2) is 18.0 Å². The molecule has 1 aliphatic heterocycles. The molecule has 0 spiro atoms. The quantitative estimate of drug-likeness (QED) is 0.682. The summed E-state index contributed by atoms with van der Waals surface area (Å²) < 4.78 is 0. The molecule has 0 bridgehead atoms. The third kappa shape index (κ3) is 1.89. The Hall–Kier alpha value is -0.460. The van der Waals surface area contributed by atoms with Gasteiger partial charge in [-0.2, -0.15) is 0 Å². The molecule has 0 aromatic rings. The Morgan fingerprint density at radius 2 is 1.44 bits per heavy atom. The van der Waals surface area contributed by atoms with E-state index in [1.807, 2.05) is 0 Å². The van der Waals surface area contributed by atoms with Crippen molar-refractivity contribution in [2.45, 2.75) is 51.4 Å². The Kier molecular flexibility index (Phi) is 2.95. The number of rotatable bonds is 2. The Labute approximate surface area is 99.9 Å². The lowest BCUT2D eigenvalue weighted by Gasteiger charge is -2.31. The fourth-order valence-corrected chi connectivity index (χ4v) is 4.16. The van der Waals surface area contributed by atoms with Crippen LogP contribution in [0.15, 0.2) is 12.3 Å². The van der Waals surface area contributed by atoms with Crippen LogP contribution in [0.5, 0.6) is 0 Å². The molecular weight excluding hydrogens is 194 g/mol. The van der Waals surface area contributed by atoms with E-state index < -0.39 is 0 Å². The molecule has 1 heteroatoms. The van der Waals surface area contributed by atoms with Gasteiger partial charge in [-0.25, -0.2) is 0 Å². The number of nitrogens with zero attached hydrogens (tertiary/aromatic N) is 1. The number of allylic oxidation sites excluding steroid dienone is 1. The maximum absolute atomic E-state index is 4.41. The second-order valence-electron chi connectivity index (χ2n) is 6.18. The highest BCUT2D eigenvalue weighted by Crippen LogP contribution is 2.41. The zero-order chi connectivity index (χ0) is 11.0. The minimum atomic E-state index is 0.826. The van der Waals surface area contributed by atoms with E-state index >= 15 is 0 Å². The summed E-state index contributed by atoms with van der Waals surface area (Å²) in [6.45, 7) is 7.08. The molecule has 0 amide bonds. The van der Waals surface area contributed by atoms with Crippen LogP contribution in [0.4, 0.5) is 0 Å².